The van der Waals surface area contributed by atoms with Gasteiger partial charge in [0.25, 0.3) is 0 Å². The molecule has 1 aliphatic heterocycles. The Balaban J connectivity index is 1.29. The summed E-state index contributed by atoms with van der Waals surface area (Å²) in [7, 11) is 0. The van der Waals surface area contributed by atoms with Crippen LogP contribution in [0.25, 0.3) is 11.1 Å². The Morgan fingerprint density at radius 2 is 1.39 bits per heavy atom. The lowest BCUT2D eigenvalue weighted by atomic mass is 9.88. The largest absolute Gasteiger partial charge is 0.550 e. The summed E-state index contributed by atoms with van der Waals surface area (Å²) in [5.41, 5.74) is 4.49. The van der Waals surface area contributed by atoms with Crippen LogP contribution in [-0.2, 0) is 47.6 Å². The second-order valence-corrected chi connectivity index (χ2v) is 11.1. The van der Waals surface area contributed by atoms with Crippen molar-refractivity contribution in [2.75, 3.05) is 26.4 Å². The quantitative estimate of drug-likeness (QED) is 0.181. The van der Waals surface area contributed by atoms with Gasteiger partial charge in [0.2, 0.25) is 0 Å². The van der Waals surface area contributed by atoms with Crippen molar-refractivity contribution < 1.29 is 57.5 Å². The van der Waals surface area contributed by atoms with Crippen LogP contribution < -0.4 is 10.4 Å². The van der Waals surface area contributed by atoms with Gasteiger partial charge in [-0.05, 0) is 41.5 Å². The number of rotatable bonds is 14. The van der Waals surface area contributed by atoms with Gasteiger partial charge in [-0.1, -0.05) is 48.5 Å². The normalized spacial score (nSPS) is 21.8. The van der Waals surface area contributed by atoms with E-state index in [-0.39, 0.29) is 32.3 Å². The van der Waals surface area contributed by atoms with E-state index in [2.05, 4.69) is 17.4 Å². The van der Waals surface area contributed by atoms with Crippen molar-refractivity contribution in [1.82, 2.24) is 5.32 Å². The van der Waals surface area contributed by atoms with Crippen LogP contribution in [0.4, 0.5) is 4.79 Å². The summed E-state index contributed by atoms with van der Waals surface area (Å²) in [5, 5.41) is 14.3. The van der Waals surface area contributed by atoms with Crippen LogP contribution in [0.3, 0.4) is 0 Å². The SMILES string of the molecule is CC(=O)OC[C@H]1O[C@H](OCCCCNC(=O)OCC2c3ccccc3-c3ccccc32)[C@@H](CC(=O)[O-])[C@H](OC(C)=O)[C@H]1OC(C)=O. The molecule has 2 aliphatic rings. The molecule has 13 nitrogen and oxygen atoms in total. The van der Waals surface area contributed by atoms with Gasteiger partial charge >= 0.3 is 24.0 Å². The molecule has 1 fully saturated rings. The van der Waals surface area contributed by atoms with Crippen molar-refractivity contribution >= 4 is 30.0 Å². The predicted molar refractivity (Wildman–Crippen MR) is 158 cm³/mol. The van der Waals surface area contributed by atoms with Crippen molar-refractivity contribution in [2.24, 2.45) is 5.92 Å². The number of carboxylic acids is 1. The molecule has 2 aromatic carbocycles. The van der Waals surface area contributed by atoms with E-state index in [1.165, 1.54) is 6.92 Å². The minimum Gasteiger partial charge on any atom is -0.550 e. The number of benzene rings is 2. The Kier molecular flexibility index (Phi) is 12.1. The summed E-state index contributed by atoms with van der Waals surface area (Å²) in [6, 6.07) is 16.1. The van der Waals surface area contributed by atoms with Crippen LogP contribution in [0.5, 0.6) is 0 Å². The maximum atomic E-state index is 12.5. The molecule has 2 aromatic rings. The maximum Gasteiger partial charge on any atom is 0.407 e. The zero-order valence-electron chi connectivity index (χ0n) is 25.9. The Bertz CT molecular complexity index is 1370. The lowest BCUT2D eigenvalue weighted by Gasteiger charge is -2.45. The monoisotopic (exact) mass is 640 g/mol. The first-order chi connectivity index (χ1) is 22.0. The van der Waals surface area contributed by atoms with E-state index in [4.69, 9.17) is 28.4 Å². The minimum atomic E-state index is -1.47. The third-order valence-electron chi connectivity index (χ3n) is 7.69. The van der Waals surface area contributed by atoms with Crippen molar-refractivity contribution in [3.63, 3.8) is 0 Å². The highest BCUT2D eigenvalue weighted by molar-refractivity contribution is 5.79. The fourth-order valence-corrected chi connectivity index (χ4v) is 5.81. The second-order valence-electron chi connectivity index (χ2n) is 11.1. The van der Waals surface area contributed by atoms with Crippen LogP contribution >= 0.6 is 0 Å². The molecule has 1 amide bonds. The number of fused-ring (bicyclic) bond motifs is 3. The van der Waals surface area contributed by atoms with Crippen LogP contribution in [0.1, 0.15) is 57.1 Å². The molecule has 1 aliphatic carbocycles. The van der Waals surface area contributed by atoms with Crippen LogP contribution in [0.2, 0.25) is 0 Å². The van der Waals surface area contributed by atoms with Gasteiger partial charge < -0.3 is 43.6 Å². The highest BCUT2D eigenvalue weighted by Crippen LogP contribution is 2.44. The number of carboxylic acid groups (broad SMARTS) is 1. The highest BCUT2D eigenvalue weighted by atomic mass is 16.7. The molecule has 248 valence electrons. The molecule has 0 spiro atoms. The fraction of sp³-hybridized carbons (Fsp3) is 0.485. The number of hydrogen-bond donors (Lipinski definition) is 1. The van der Waals surface area contributed by atoms with E-state index in [1.54, 1.807) is 0 Å². The Morgan fingerprint density at radius 1 is 0.783 bits per heavy atom. The zero-order chi connectivity index (χ0) is 33.2. The standard InChI is InChI=1S/C33H39NO12/c1-19(35)42-18-28-31(45-21(3)37)30(44-20(2)36)26(16-29(38)39)32(46-28)41-15-9-8-14-34-33(40)43-17-27-24-12-6-4-10-22(24)23-11-5-7-13-25(23)27/h4-7,10-13,26-28,30-32H,8-9,14-18H2,1-3H3,(H,34,40)(H,38,39)/p-1/t26-,28+,30-,31-,32-/m0/s1. The molecule has 1 N–H and O–H groups in total. The number of alkyl carbamates (subject to hydrolysis) is 1. The minimum absolute atomic E-state index is 0.0584. The van der Waals surface area contributed by atoms with E-state index >= 15 is 0 Å². The van der Waals surface area contributed by atoms with Crippen LogP contribution in [0, 0.1) is 5.92 Å². The molecule has 1 saturated heterocycles. The first kappa shape index (κ1) is 34.4. The number of hydrogen-bond acceptors (Lipinski definition) is 12. The molecule has 46 heavy (non-hydrogen) atoms. The van der Waals surface area contributed by atoms with Gasteiger partial charge in [0, 0.05) is 45.8 Å². The molecule has 5 atom stereocenters. The van der Waals surface area contributed by atoms with E-state index in [0.29, 0.717) is 12.8 Å². The summed E-state index contributed by atoms with van der Waals surface area (Å²) in [4.78, 5) is 59.3. The number of ether oxygens (including phenoxy) is 6. The van der Waals surface area contributed by atoms with Gasteiger partial charge in [-0.2, -0.15) is 0 Å². The van der Waals surface area contributed by atoms with E-state index < -0.39 is 66.9 Å². The molecule has 0 radical (unpaired) electrons. The summed E-state index contributed by atoms with van der Waals surface area (Å²) < 4.78 is 33.1. The third-order valence-corrected chi connectivity index (χ3v) is 7.69. The van der Waals surface area contributed by atoms with Gasteiger partial charge in [0.05, 0.1) is 5.92 Å². The lowest BCUT2D eigenvalue weighted by Crippen LogP contribution is -2.60. The number of carbonyl (C=O) groups is 5. The predicted octanol–water partition coefficient (Wildman–Crippen LogP) is 2.23. The smallest absolute Gasteiger partial charge is 0.407 e. The number of aliphatic carboxylic acids is 1. The maximum absolute atomic E-state index is 12.5. The first-order valence-corrected chi connectivity index (χ1v) is 15.1. The number of carbonyl (C=O) groups excluding carboxylic acids is 5. The Morgan fingerprint density at radius 3 is 1.98 bits per heavy atom. The molecule has 13 heteroatoms. The molecular formula is C33H38NO12-. The van der Waals surface area contributed by atoms with Gasteiger partial charge in [0.15, 0.2) is 12.4 Å². The van der Waals surface area contributed by atoms with Crippen molar-refractivity contribution in [1.29, 1.82) is 0 Å². The molecule has 0 bridgehead atoms. The molecule has 0 unspecified atom stereocenters. The van der Waals surface area contributed by atoms with Crippen LogP contribution in [0.15, 0.2) is 48.5 Å². The first-order valence-electron chi connectivity index (χ1n) is 15.1. The number of esters is 3. The summed E-state index contributed by atoms with van der Waals surface area (Å²) in [5.74, 6) is -4.76. The topological polar surface area (TPSA) is 176 Å². The highest BCUT2D eigenvalue weighted by Gasteiger charge is 2.50. The molecule has 4 rings (SSSR count). The van der Waals surface area contributed by atoms with Crippen molar-refractivity contribution in [3.05, 3.63) is 59.7 Å². The number of amides is 1. The summed E-state index contributed by atoms with van der Waals surface area (Å²) in [6.45, 7) is 3.61. The van der Waals surface area contributed by atoms with Crippen molar-refractivity contribution in [2.45, 2.75) is 70.6 Å². The van der Waals surface area contributed by atoms with E-state index in [9.17, 15) is 29.1 Å². The van der Waals surface area contributed by atoms with Gasteiger partial charge in [-0.15, -0.1) is 0 Å². The lowest BCUT2D eigenvalue weighted by molar-refractivity contribution is -0.321. The van der Waals surface area contributed by atoms with E-state index in [1.807, 2.05) is 36.4 Å². The van der Waals surface area contributed by atoms with E-state index in [0.717, 1.165) is 36.1 Å². The number of nitrogens with one attached hydrogen (secondary N) is 1. The van der Waals surface area contributed by atoms with Gasteiger partial charge in [0.1, 0.15) is 25.4 Å². The molecular weight excluding hydrogens is 602 g/mol. The fourth-order valence-electron chi connectivity index (χ4n) is 5.81. The van der Waals surface area contributed by atoms with Gasteiger partial charge in [-0.3, -0.25) is 14.4 Å². The third kappa shape index (κ3) is 9.04. The molecule has 0 aromatic heterocycles. The number of unbranched alkanes of at least 4 members (excludes halogenated alkanes) is 1. The van der Waals surface area contributed by atoms with Gasteiger partial charge in [-0.25, -0.2) is 4.79 Å². The average molecular weight is 641 g/mol. The summed E-state index contributed by atoms with van der Waals surface area (Å²) in [6.07, 6.45) is -5.17. The molecule has 1 heterocycles. The summed E-state index contributed by atoms with van der Waals surface area (Å²) >= 11 is 0. The van der Waals surface area contributed by atoms with Crippen LogP contribution in [-0.4, -0.2) is 80.9 Å². The molecule has 0 saturated carbocycles. The average Bonchev–Trinajstić information content (AvgIpc) is 3.32. The second kappa shape index (κ2) is 16.2. The Labute approximate surface area is 266 Å². The zero-order valence-corrected chi connectivity index (χ0v) is 25.9. The van der Waals surface area contributed by atoms with Crippen molar-refractivity contribution in [3.8, 4) is 11.1 Å². The Hall–Kier alpha value is -4.49.